The molecule has 2 atom stereocenters. The van der Waals surface area contributed by atoms with E-state index < -0.39 is 5.91 Å². The maximum Gasteiger partial charge on any atom is 0.267 e. The summed E-state index contributed by atoms with van der Waals surface area (Å²) >= 11 is 1.81. The predicted molar refractivity (Wildman–Crippen MR) is 122 cm³/mol. The number of amides is 1. The van der Waals surface area contributed by atoms with E-state index in [1.165, 1.54) is 27.8 Å². The number of hydrogen-bond donors (Lipinski definition) is 4. The fourth-order valence-electron chi connectivity index (χ4n) is 3.91. The number of thiophene rings is 1. The van der Waals surface area contributed by atoms with Gasteiger partial charge in [-0.25, -0.2) is 5.48 Å². The lowest BCUT2D eigenvalue weighted by atomic mass is 9.91. The van der Waals surface area contributed by atoms with E-state index in [0.717, 1.165) is 25.1 Å². The second-order valence-corrected chi connectivity index (χ2v) is 8.33. The first-order valence-electron chi connectivity index (χ1n) is 10.1. The second kappa shape index (κ2) is 9.71. The number of anilines is 1. The lowest BCUT2D eigenvalue weighted by Gasteiger charge is -2.20. The molecule has 3 aromatic rings. The Morgan fingerprint density at radius 1 is 1.10 bits per heavy atom. The minimum Gasteiger partial charge on any atom is -0.377 e. The van der Waals surface area contributed by atoms with Crippen LogP contribution in [0.1, 0.15) is 39.9 Å². The Labute approximate surface area is 180 Å². The second-order valence-electron chi connectivity index (χ2n) is 7.35. The first-order valence-corrected chi connectivity index (χ1v) is 10.9. The van der Waals surface area contributed by atoms with Crippen LogP contribution in [0.4, 0.5) is 5.69 Å². The number of benzene rings is 2. The van der Waals surface area contributed by atoms with Crippen molar-refractivity contribution in [2.45, 2.75) is 24.9 Å². The average Bonchev–Trinajstić information content (AvgIpc) is 3.44. The van der Waals surface area contributed by atoms with Crippen LogP contribution in [0.2, 0.25) is 0 Å². The molecule has 0 fully saturated rings. The highest BCUT2D eigenvalue weighted by molar-refractivity contribution is 7.10. The van der Waals surface area contributed by atoms with Crippen molar-refractivity contribution in [3.05, 3.63) is 93.7 Å². The molecule has 0 spiro atoms. The fraction of sp³-hybridized carbons (Fsp3) is 0.208. The number of hydrogen-bond acceptors (Lipinski definition) is 5. The summed E-state index contributed by atoms with van der Waals surface area (Å²) in [4.78, 5) is 12.4. The average molecular weight is 420 g/mol. The van der Waals surface area contributed by atoms with Gasteiger partial charge < -0.3 is 10.6 Å². The number of carbonyl (C=O) groups is 1. The Hall–Kier alpha value is -2.93. The summed E-state index contributed by atoms with van der Waals surface area (Å²) in [7, 11) is 0. The van der Waals surface area contributed by atoms with Crippen LogP contribution < -0.4 is 16.1 Å². The molecule has 154 valence electrons. The highest BCUT2D eigenvalue weighted by atomic mass is 32.1. The van der Waals surface area contributed by atoms with E-state index in [9.17, 15) is 4.79 Å². The fourth-order valence-corrected chi connectivity index (χ4v) is 4.75. The van der Waals surface area contributed by atoms with Crippen molar-refractivity contribution >= 4 is 29.0 Å². The number of hydroxylamine groups is 1. The van der Waals surface area contributed by atoms with E-state index in [2.05, 4.69) is 52.4 Å². The third-order valence-corrected chi connectivity index (χ3v) is 6.36. The van der Waals surface area contributed by atoms with Gasteiger partial charge in [-0.15, -0.1) is 11.3 Å². The third-order valence-electron chi connectivity index (χ3n) is 5.40. The Bertz CT molecular complexity index is 1000. The van der Waals surface area contributed by atoms with E-state index in [4.69, 9.17) is 5.21 Å². The predicted octanol–water partition coefficient (Wildman–Crippen LogP) is 4.70. The van der Waals surface area contributed by atoms with Gasteiger partial charge in [0.1, 0.15) is 0 Å². The molecular formula is C24H25N3O2S. The van der Waals surface area contributed by atoms with Crippen LogP contribution in [0.25, 0.3) is 6.08 Å². The van der Waals surface area contributed by atoms with E-state index in [1.807, 2.05) is 35.6 Å². The molecule has 4 N–H and O–H groups in total. The van der Waals surface area contributed by atoms with Crippen molar-refractivity contribution in [2.24, 2.45) is 0 Å². The summed E-state index contributed by atoms with van der Waals surface area (Å²) in [5.74, 6) is -0.0814. The van der Waals surface area contributed by atoms with Gasteiger partial charge in [-0.1, -0.05) is 48.5 Å². The van der Waals surface area contributed by atoms with E-state index in [0.29, 0.717) is 12.0 Å². The smallest absolute Gasteiger partial charge is 0.267 e. The van der Waals surface area contributed by atoms with Crippen LogP contribution in [0.5, 0.6) is 0 Å². The summed E-state index contributed by atoms with van der Waals surface area (Å²) in [5.41, 5.74) is 6.34. The molecule has 2 unspecified atom stereocenters. The Morgan fingerprint density at radius 3 is 2.70 bits per heavy atom. The minimum atomic E-state index is -0.537. The molecule has 2 aromatic carbocycles. The Balaban J connectivity index is 1.32. The van der Waals surface area contributed by atoms with Crippen molar-refractivity contribution in [1.82, 2.24) is 10.8 Å². The zero-order chi connectivity index (χ0) is 20.8. The topological polar surface area (TPSA) is 73.4 Å². The molecule has 0 saturated heterocycles. The quantitative estimate of drug-likeness (QED) is 0.185. The van der Waals surface area contributed by atoms with E-state index in [-0.39, 0.29) is 0 Å². The lowest BCUT2D eigenvalue weighted by Crippen LogP contribution is -2.19. The van der Waals surface area contributed by atoms with Gasteiger partial charge in [-0.2, -0.15) is 0 Å². The molecule has 1 aromatic heterocycles. The molecule has 1 aliphatic heterocycles. The normalized spacial score (nSPS) is 17.6. The zero-order valence-corrected chi connectivity index (χ0v) is 17.4. The van der Waals surface area contributed by atoms with Gasteiger partial charge in [0.05, 0.1) is 6.04 Å². The summed E-state index contributed by atoms with van der Waals surface area (Å²) in [6, 6.07) is 21.3. The number of rotatable bonds is 8. The lowest BCUT2D eigenvalue weighted by molar-refractivity contribution is -0.124. The van der Waals surface area contributed by atoms with Crippen LogP contribution in [-0.4, -0.2) is 17.7 Å². The van der Waals surface area contributed by atoms with Gasteiger partial charge in [0, 0.05) is 29.1 Å². The van der Waals surface area contributed by atoms with Gasteiger partial charge in [0.25, 0.3) is 5.91 Å². The molecule has 6 heteroatoms. The maximum absolute atomic E-state index is 11.0. The monoisotopic (exact) mass is 419 g/mol. The first kappa shape index (κ1) is 20.3. The summed E-state index contributed by atoms with van der Waals surface area (Å²) in [6.07, 6.45) is 4.02. The highest BCUT2D eigenvalue weighted by Gasteiger charge is 2.32. The minimum absolute atomic E-state index is 0.339. The van der Waals surface area contributed by atoms with Gasteiger partial charge >= 0.3 is 0 Å². The molecule has 1 aliphatic rings. The van der Waals surface area contributed by atoms with Gasteiger partial charge in [0.2, 0.25) is 0 Å². The van der Waals surface area contributed by atoms with Crippen molar-refractivity contribution in [3.63, 3.8) is 0 Å². The van der Waals surface area contributed by atoms with Crippen molar-refractivity contribution < 1.29 is 10.0 Å². The number of carbonyl (C=O) groups excluding carboxylic acids is 1. The Kier molecular flexibility index (Phi) is 6.59. The standard InChI is InChI=1S/C24H25N3O2S/c28-23(27-29)12-11-17-7-9-18(10-8-17)16-25-14-13-20-19-4-1-2-5-21(19)26-24(20)22-6-3-15-30-22/h1-12,15,20,24-26,29H,13-14,16H2,(H,27,28)/b12-11+. The largest absolute Gasteiger partial charge is 0.377 e. The molecule has 4 rings (SSSR count). The van der Waals surface area contributed by atoms with Crippen LogP contribution in [0.3, 0.4) is 0 Å². The summed E-state index contributed by atoms with van der Waals surface area (Å²) < 4.78 is 0. The molecule has 30 heavy (non-hydrogen) atoms. The third kappa shape index (κ3) is 4.79. The molecular weight excluding hydrogens is 394 g/mol. The highest BCUT2D eigenvalue weighted by Crippen LogP contribution is 2.46. The molecule has 1 amide bonds. The Morgan fingerprint density at radius 2 is 1.93 bits per heavy atom. The van der Waals surface area contributed by atoms with E-state index in [1.54, 1.807) is 11.6 Å². The summed E-state index contributed by atoms with van der Waals surface area (Å²) in [6.45, 7) is 1.73. The molecule has 2 heterocycles. The maximum atomic E-state index is 11.0. The van der Waals surface area contributed by atoms with Gasteiger partial charge in [-0.05, 0) is 53.2 Å². The first-order chi connectivity index (χ1) is 14.7. The SMILES string of the molecule is O=C(/C=C/c1ccc(CNCCC2c3ccccc3NC2c2cccs2)cc1)NO. The molecule has 0 saturated carbocycles. The van der Waals surface area contributed by atoms with Crippen LogP contribution in [-0.2, 0) is 11.3 Å². The number of para-hydroxylation sites is 1. The van der Waals surface area contributed by atoms with Crippen molar-refractivity contribution in [3.8, 4) is 0 Å². The van der Waals surface area contributed by atoms with Gasteiger partial charge in [0.15, 0.2) is 0 Å². The molecule has 0 bridgehead atoms. The van der Waals surface area contributed by atoms with Crippen LogP contribution in [0, 0.1) is 0 Å². The molecule has 0 aliphatic carbocycles. The zero-order valence-electron chi connectivity index (χ0n) is 16.5. The molecule has 5 nitrogen and oxygen atoms in total. The number of nitrogens with one attached hydrogen (secondary N) is 3. The van der Waals surface area contributed by atoms with Crippen LogP contribution in [0.15, 0.2) is 72.1 Å². The van der Waals surface area contributed by atoms with E-state index >= 15 is 0 Å². The van der Waals surface area contributed by atoms with Crippen molar-refractivity contribution in [2.75, 3.05) is 11.9 Å². The summed E-state index contributed by atoms with van der Waals surface area (Å²) in [5, 5.41) is 17.9. The van der Waals surface area contributed by atoms with Crippen LogP contribution >= 0.6 is 11.3 Å². The van der Waals surface area contributed by atoms with Gasteiger partial charge in [-0.3, -0.25) is 10.0 Å². The number of fused-ring (bicyclic) bond motifs is 1. The van der Waals surface area contributed by atoms with Crippen molar-refractivity contribution in [1.29, 1.82) is 0 Å². The molecule has 0 radical (unpaired) electrons.